The van der Waals surface area contributed by atoms with Gasteiger partial charge in [-0.05, 0) is 32.0 Å². The molecule has 1 amide bonds. The number of nitrogens with zero attached hydrogens (tertiary/aromatic N) is 2. The van der Waals surface area contributed by atoms with E-state index in [9.17, 15) is 24.8 Å². The summed E-state index contributed by atoms with van der Waals surface area (Å²) in [6, 6.07) is 10.3. The predicted molar refractivity (Wildman–Crippen MR) is 102 cm³/mol. The van der Waals surface area contributed by atoms with Crippen LogP contribution >= 0.6 is 0 Å². The Bertz CT molecular complexity index is 971. The number of carbonyl (C=O) groups excluding carboxylic acids is 2. The summed E-state index contributed by atoms with van der Waals surface area (Å²) in [6.45, 7) is 3.63. The van der Waals surface area contributed by atoms with Crippen LogP contribution < -0.4 is 9.64 Å². The molecule has 0 unspecified atom stereocenters. The number of nitro groups is 1. The summed E-state index contributed by atoms with van der Waals surface area (Å²) >= 11 is 0. The van der Waals surface area contributed by atoms with E-state index in [0.717, 1.165) is 6.07 Å². The molecule has 0 aliphatic carbocycles. The highest BCUT2D eigenvalue weighted by molar-refractivity contribution is 6.11. The molecule has 0 bridgehead atoms. The van der Waals surface area contributed by atoms with Gasteiger partial charge in [-0.3, -0.25) is 19.7 Å². The maximum Gasteiger partial charge on any atom is 0.311 e. The number of anilines is 1. The van der Waals surface area contributed by atoms with Crippen LogP contribution in [0.1, 0.15) is 36.2 Å². The minimum atomic E-state index is -2.02. The molecule has 1 N–H and O–H groups in total. The lowest BCUT2D eigenvalue weighted by molar-refractivity contribution is -0.385. The van der Waals surface area contributed by atoms with Crippen molar-refractivity contribution in [3.63, 3.8) is 0 Å². The van der Waals surface area contributed by atoms with Gasteiger partial charge >= 0.3 is 5.69 Å². The van der Waals surface area contributed by atoms with Crippen LogP contribution in [0, 0.1) is 10.1 Å². The first-order valence-electron chi connectivity index (χ1n) is 8.72. The molecule has 1 aliphatic rings. The minimum Gasteiger partial charge on any atom is -0.490 e. The van der Waals surface area contributed by atoms with Gasteiger partial charge in [0.1, 0.15) is 0 Å². The Kier molecular flexibility index (Phi) is 4.91. The molecule has 8 nitrogen and oxygen atoms in total. The zero-order chi connectivity index (χ0) is 20.6. The summed E-state index contributed by atoms with van der Waals surface area (Å²) in [7, 11) is 1.29. The van der Waals surface area contributed by atoms with Gasteiger partial charge in [-0.1, -0.05) is 18.2 Å². The van der Waals surface area contributed by atoms with Crippen molar-refractivity contribution in [1.29, 1.82) is 0 Å². The zero-order valence-corrected chi connectivity index (χ0v) is 15.7. The van der Waals surface area contributed by atoms with E-state index in [1.807, 2.05) is 13.8 Å². The molecule has 3 rings (SSSR count). The summed E-state index contributed by atoms with van der Waals surface area (Å²) in [4.78, 5) is 37.8. The van der Waals surface area contributed by atoms with Crippen LogP contribution in [-0.4, -0.2) is 34.9 Å². The fourth-order valence-corrected chi connectivity index (χ4v) is 3.48. The van der Waals surface area contributed by atoms with Crippen molar-refractivity contribution in [2.45, 2.75) is 31.9 Å². The SMILES string of the molecule is COc1ccc(C(=O)C[C@@]2(O)C(=O)N(C(C)C)c3ccccc32)cc1[N+](=O)[O-]. The van der Waals surface area contributed by atoms with Gasteiger partial charge in [0.05, 0.1) is 24.1 Å². The molecule has 146 valence electrons. The lowest BCUT2D eigenvalue weighted by atomic mass is 9.88. The normalized spacial score (nSPS) is 18.3. The highest BCUT2D eigenvalue weighted by Gasteiger charge is 2.51. The third-order valence-corrected chi connectivity index (χ3v) is 4.81. The number of fused-ring (bicyclic) bond motifs is 1. The number of para-hydroxylation sites is 1. The second-order valence-electron chi connectivity index (χ2n) is 6.89. The largest absolute Gasteiger partial charge is 0.490 e. The van der Waals surface area contributed by atoms with E-state index in [1.54, 1.807) is 24.3 Å². The van der Waals surface area contributed by atoms with E-state index < -0.39 is 28.6 Å². The summed E-state index contributed by atoms with van der Waals surface area (Å²) < 4.78 is 4.94. The molecule has 8 heteroatoms. The van der Waals surface area contributed by atoms with Gasteiger partial charge < -0.3 is 14.7 Å². The Morgan fingerprint density at radius 2 is 1.96 bits per heavy atom. The van der Waals surface area contributed by atoms with Crippen LogP contribution in [0.15, 0.2) is 42.5 Å². The molecule has 1 heterocycles. The second kappa shape index (κ2) is 7.05. The monoisotopic (exact) mass is 384 g/mol. The summed E-state index contributed by atoms with van der Waals surface area (Å²) in [5, 5.41) is 22.4. The van der Waals surface area contributed by atoms with Crippen LogP contribution in [-0.2, 0) is 10.4 Å². The number of carbonyl (C=O) groups is 2. The van der Waals surface area contributed by atoms with Gasteiger partial charge in [-0.2, -0.15) is 0 Å². The van der Waals surface area contributed by atoms with E-state index in [0.29, 0.717) is 11.3 Å². The van der Waals surface area contributed by atoms with Crippen LogP contribution in [0.4, 0.5) is 11.4 Å². The molecule has 1 aliphatic heterocycles. The number of Topliss-reactive ketones (excluding diaryl/α,β-unsaturated/α-hetero) is 1. The molecule has 28 heavy (non-hydrogen) atoms. The summed E-state index contributed by atoms with van der Waals surface area (Å²) in [6.07, 6.45) is -0.518. The number of hydrogen-bond acceptors (Lipinski definition) is 6. The number of methoxy groups -OCH3 is 1. The first-order chi connectivity index (χ1) is 13.2. The molecule has 2 aromatic carbocycles. The van der Waals surface area contributed by atoms with Crippen LogP contribution in [0.2, 0.25) is 0 Å². The third kappa shape index (κ3) is 3.01. The molecule has 1 atom stereocenters. The lowest BCUT2D eigenvalue weighted by Crippen LogP contribution is -2.44. The molecule has 0 aromatic heterocycles. The fraction of sp³-hybridized carbons (Fsp3) is 0.300. The number of amides is 1. The highest BCUT2D eigenvalue weighted by Crippen LogP contribution is 2.44. The van der Waals surface area contributed by atoms with Gasteiger partial charge in [0.25, 0.3) is 5.91 Å². The van der Waals surface area contributed by atoms with E-state index in [-0.39, 0.29) is 23.0 Å². The van der Waals surface area contributed by atoms with Gasteiger partial charge in [0.2, 0.25) is 0 Å². The van der Waals surface area contributed by atoms with E-state index in [4.69, 9.17) is 4.74 Å². The van der Waals surface area contributed by atoms with Crippen LogP contribution in [0.3, 0.4) is 0 Å². The second-order valence-corrected chi connectivity index (χ2v) is 6.89. The quantitative estimate of drug-likeness (QED) is 0.466. The number of benzene rings is 2. The lowest BCUT2D eigenvalue weighted by Gasteiger charge is -2.25. The summed E-state index contributed by atoms with van der Waals surface area (Å²) in [5.74, 6) is -1.14. The smallest absolute Gasteiger partial charge is 0.311 e. The van der Waals surface area contributed by atoms with Crippen LogP contribution in [0.5, 0.6) is 5.75 Å². The maximum atomic E-state index is 13.0. The van der Waals surface area contributed by atoms with Crippen LogP contribution in [0.25, 0.3) is 0 Å². The third-order valence-electron chi connectivity index (χ3n) is 4.81. The Hall–Kier alpha value is -3.26. The molecule has 0 spiro atoms. The van der Waals surface area contributed by atoms with Crippen molar-refractivity contribution >= 4 is 23.1 Å². The highest BCUT2D eigenvalue weighted by atomic mass is 16.6. The van der Waals surface area contributed by atoms with Crippen molar-refractivity contribution in [2.24, 2.45) is 0 Å². The number of hydrogen-bond donors (Lipinski definition) is 1. The Morgan fingerprint density at radius 3 is 2.57 bits per heavy atom. The fourth-order valence-electron chi connectivity index (χ4n) is 3.48. The van der Waals surface area contributed by atoms with Gasteiger partial charge in [-0.15, -0.1) is 0 Å². The van der Waals surface area contributed by atoms with Crippen molar-refractivity contribution in [2.75, 3.05) is 12.0 Å². The van der Waals surface area contributed by atoms with E-state index in [1.165, 1.54) is 24.1 Å². The molecule has 0 radical (unpaired) electrons. The number of rotatable bonds is 6. The molecule has 0 saturated carbocycles. The number of ether oxygens (including phenoxy) is 1. The topological polar surface area (TPSA) is 110 Å². The minimum absolute atomic E-state index is 0.0218. The Balaban J connectivity index is 1.99. The maximum absolute atomic E-state index is 13.0. The average Bonchev–Trinajstić information content (AvgIpc) is 2.88. The number of aliphatic hydroxyl groups is 1. The number of ketones is 1. The van der Waals surface area contributed by atoms with Crippen molar-refractivity contribution in [3.05, 3.63) is 63.7 Å². The molecular weight excluding hydrogens is 364 g/mol. The van der Waals surface area contributed by atoms with E-state index in [2.05, 4.69) is 0 Å². The zero-order valence-electron chi connectivity index (χ0n) is 15.7. The molecule has 0 saturated heterocycles. The average molecular weight is 384 g/mol. The number of nitro benzene ring substituents is 1. The van der Waals surface area contributed by atoms with Gasteiger partial charge in [0.15, 0.2) is 17.1 Å². The Morgan fingerprint density at radius 1 is 1.29 bits per heavy atom. The molecular formula is C20H20N2O6. The standard InChI is InChI=1S/C20H20N2O6/c1-12(2)21-15-7-5-4-6-14(15)20(25,19(21)24)11-17(23)13-8-9-18(28-3)16(10-13)22(26)27/h4-10,12,25H,11H2,1-3H3/t20-/m0/s1. The predicted octanol–water partition coefficient (Wildman–Crippen LogP) is 2.82. The van der Waals surface area contributed by atoms with Crippen molar-refractivity contribution < 1.29 is 24.4 Å². The van der Waals surface area contributed by atoms with E-state index >= 15 is 0 Å². The van der Waals surface area contributed by atoms with Crippen molar-refractivity contribution in [3.8, 4) is 5.75 Å². The van der Waals surface area contributed by atoms with Gasteiger partial charge in [0, 0.05) is 23.2 Å². The first-order valence-corrected chi connectivity index (χ1v) is 8.72. The Labute approximate surface area is 161 Å². The molecule has 2 aromatic rings. The van der Waals surface area contributed by atoms with Crippen molar-refractivity contribution in [1.82, 2.24) is 0 Å². The first kappa shape index (κ1) is 19.5. The van der Waals surface area contributed by atoms with Gasteiger partial charge in [-0.25, -0.2) is 0 Å². The molecule has 0 fully saturated rings. The summed E-state index contributed by atoms with van der Waals surface area (Å²) in [5.41, 5.74) is -1.45.